The maximum absolute atomic E-state index is 12.7. The first kappa shape index (κ1) is 24.7. The number of hydrogen-bond acceptors (Lipinski definition) is 5. The smallest absolute Gasteiger partial charge is 0.341 e. The van der Waals surface area contributed by atoms with Gasteiger partial charge < -0.3 is 14.8 Å². The van der Waals surface area contributed by atoms with E-state index in [0.717, 1.165) is 39.8 Å². The summed E-state index contributed by atoms with van der Waals surface area (Å²) in [4.78, 5) is 25.2. The second-order valence-corrected chi connectivity index (χ2v) is 8.97. The summed E-state index contributed by atoms with van der Waals surface area (Å²) in [6, 6.07) is 15.2. The van der Waals surface area contributed by atoms with Gasteiger partial charge in [0.15, 0.2) is 0 Å². The second-order valence-electron chi connectivity index (χ2n) is 7.17. The van der Waals surface area contributed by atoms with E-state index in [-0.39, 0.29) is 12.5 Å². The Hall–Kier alpha value is -2.90. The third-order valence-corrected chi connectivity index (χ3v) is 6.16. The topological polar surface area (TPSA) is 64.6 Å². The van der Waals surface area contributed by atoms with Crippen LogP contribution < -0.4 is 10.1 Å². The predicted octanol–water partition coefficient (Wildman–Crippen LogP) is 7.19. The standard InChI is InChI=1S/C26H26BrNO4S/c1-3-5-16-32-21-13-6-18(7-14-21)8-15-23(29)28-25-24(26(30)31-4-2)22(17-33-25)19-9-11-20(27)12-10-19/h6-15,17H,3-5,16H2,1-2H3,(H,28,29). The highest BCUT2D eigenvalue weighted by Gasteiger charge is 2.22. The van der Waals surface area contributed by atoms with E-state index in [1.54, 1.807) is 13.0 Å². The van der Waals surface area contributed by atoms with E-state index in [1.807, 2.05) is 53.9 Å². The summed E-state index contributed by atoms with van der Waals surface area (Å²) in [5.41, 5.74) is 2.83. The number of benzene rings is 2. The number of esters is 1. The van der Waals surface area contributed by atoms with Crippen molar-refractivity contribution in [3.05, 3.63) is 75.6 Å². The van der Waals surface area contributed by atoms with Crippen LogP contribution in [0, 0.1) is 0 Å². The van der Waals surface area contributed by atoms with Crippen LogP contribution in [0.15, 0.2) is 64.5 Å². The number of thiophene rings is 1. The Morgan fingerprint density at radius 1 is 1.06 bits per heavy atom. The Labute approximate surface area is 206 Å². The summed E-state index contributed by atoms with van der Waals surface area (Å²) >= 11 is 4.72. The number of unbranched alkanes of at least 4 members (excludes halogenated alkanes) is 1. The molecule has 33 heavy (non-hydrogen) atoms. The number of ether oxygens (including phenoxy) is 2. The van der Waals surface area contributed by atoms with Gasteiger partial charge >= 0.3 is 5.97 Å². The van der Waals surface area contributed by atoms with Gasteiger partial charge in [0.05, 0.1) is 13.2 Å². The summed E-state index contributed by atoms with van der Waals surface area (Å²) in [5.74, 6) is 0.0193. The summed E-state index contributed by atoms with van der Waals surface area (Å²) in [5, 5.41) is 5.14. The third-order valence-electron chi connectivity index (χ3n) is 4.74. The van der Waals surface area contributed by atoms with Crippen molar-refractivity contribution < 1.29 is 19.1 Å². The van der Waals surface area contributed by atoms with E-state index in [0.29, 0.717) is 17.2 Å². The van der Waals surface area contributed by atoms with Crippen molar-refractivity contribution in [3.63, 3.8) is 0 Å². The van der Waals surface area contributed by atoms with E-state index in [4.69, 9.17) is 9.47 Å². The number of hydrogen-bond donors (Lipinski definition) is 1. The summed E-state index contributed by atoms with van der Waals surface area (Å²) in [6.07, 6.45) is 5.27. The Morgan fingerprint density at radius 3 is 2.45 bits per heavy atom. The van der Waals surface area contributed by atoms with Crippen molar-refractivity contribution >= 4 is 50.2 Å². The zero-order chi connectivity index (χ0) is 23.6. The minimum atomic E-state index is -0.463. The van der Waals surface area contributed by atoms with E-state index < -0.39 is 5.97 Å². The van der Waals surface area contributed by atoms with Gasteiger partial charge in [-0.2, -0.15) is 0 Å². The zero-order valence-corrected chi connectivity index (χ0v) is 21.0. The molecule has 3 aromatic rings. The van der Waals surface area contributed by atoms with E-state index in [1.165, 1.54) is 17.4 Å². The molecule has 0 aliphatic heterocycles. The molecule has 172 valence electrons. The molecule has 7 heteroatoms. The van der Waals surface area contributed by atoms with Crippen LogP contribution in [0.1, 0.15) is 42.6 Å². The molecule has 0 spiro atoms. The molecule has 0 aliphatic rings. The number of carbonyl (C=O) groups is 2. The van der Waals surface area contributed by atoms with Crippen LogP contribution in [0.2, 0.25) is 0 Å². The van der Waals surface area contributed by atoms with Gasteiger partial charge in [-0.3, -0.25) is 4.79 Å². The Bertz CT molecular complexity index is 1100. The van der Waals surface area contributed by atoms with Crippen LogP contribution in [0.25, 0.3) is 17.2 Å². The molecule has 0 bridgehead atoms. The van der Waals surface area contributed by atoms with Crippen LogP contribution in [0.5, 0.6) is 5.75 Å². The highest BCUT2D eigenvalue weighted by molar-refractivity contribution is 9.10. The molecule has 2 aromatic carbocycles. The fourth-order valence-corrected chi connectivity index (χ4v) is 4.26. The first-order chi connectivity index (χ1) is 16.0. The molecule has 0 unspecified atom stereocenters. The maximum Gasteiger partial charge on any atom is 0.341 e. The van der Waals surface area contributed by atoms with Gasteiger partial charge in [0.2, 0.25) is 5.91 Å². The molecule has 0 saturated heterocycles. The van der Waals surface area contributed by atoms with Crippen molar-refractivity contribution in [1.82, 2.24) is 0 Å². The lowest BCUT2D eigenvalue weighted by Crippen LogP contribution is -2.12. The fraction of sp³-hybridized carbons (Fsp3) is 0.231. The molecule has 1 aromatic heterocycles. The highest BCUT2D eigenvalue weighted by Crippen LogP contribution is 2.36. The van der Waals surface area contributed by atoms with Gasteiger partial charge in [-0.05, 0) is 54.8 Å². The van der Waals surface area contributed by atoms with Crippen LogP contribution >= 0.6 is 27.3 Å². The minimum Gasteiger partial charge on any atom is -0.494 e. The lowest BCUT2D eigenvalue weighted by atomic mass is 10.0. The number of halogens is 1. The van der Waals surface area contributed by atoms with E-state index in [2.05, 4.69) is 28.2 Å². The Kier molecular flexibility index (Phi) is 9.27. The lowest BCUT2D eigenvalue weighted by molar-refractivity contribution is -0.111. The molecule has 1 heterocycles. The molecular weight excluding hydrogens is 502 g/mol. The number of nitrogens with one attached hydrogen (secondary N) is 1. The van der Waals surface area contributed by atoms with E-state index >= 15 is 0 Å². The first-order valence-corrected chi connectivity index (χ1v) is 12.5. The molecule has 5 nitrogen and oxygen atoms in total. The van der Waals surface area contributed by atoms with Gasteiger partial charge in [-0.15, -0.1) is 11.3 Å². The quantitative estimate of drug-likeness (QED) is 0.172. The fourth-order valence-electron chi connectivity index (χ4n) is 3.03. The molecule has 0 atom stereocenters. The van der Waals surface area contributed by atoms with Crippen LogP contribution in [-0.4, -0.2) is 25.1 Å². The van der Waals surface area contributed by atoms with Gasteiger partial charge in [0.1, 0.15) is 16.3 Å². The van der Waals surface area contributed by atoms with Gasteiger partial charge in [0.25, 0.3) is 0 Å². The molecule has 3 rings (SSSR count). The van der Waals surface area contributed by atoms with Crippen molar-refractivity contribution in [3.8, 4) is 16.9 Å². The molecule has 0 radical (unpaired) electrons. The summed E-state index contributed by atoms with van der Waals surface area (Å²) < 4.78 is 11.8. The Balaban J connectivity index is 1.73. The van der Waals surface area contributed by atoms with Crippen LogP contribution in [0.3, 0.4) is 0 Å². The minimum absolute atomic E-state index is 0.250. The molecule has 0 saturated carbocycles. The lowest BCUT2D eigenvalue weighted by Gasteiger charge is -2.08. The zero-order valence-electron chi connectivity index (χ0n) is 18.6. The number of rotatable bonds is 10. The monoisotopic (exact) mass is 527 g/mol. The van der Waals surface area contributed by atoms with Crippen molar-refractivity contribution in [2.75, 3.05) is 18.5 Å². The van der Waals surface area contributed by atoms with Crippen LogP contribution in [-0.2, 0) is 9.53 Å². The highest BCUT2D eigenvalue weighted by atomic mass is 79.9. The summed E-state index contributed by atoms with van der Waals surface area (Å²) in [6.45, 7) is 4.82. The normalized spacial score (nSPS) is 10.9. The number of anilines is 1. The molecule has 1 amide bonds. The van der Waals surface area contributed by atoms with Gasteiger partial charge in [0, 0.05) is 21.5 Å². The van der Waals surface area contributed by atoms with Crippen molar-refractivity contribution in [1.29, 1.82) is 0 Å². The SMILES string of the molecule is CCCCOc1ccc(C=CC(=O)Nc2scc(-c3ccc(Br)cc3)c2C(=O)OCC)cc1. The molecular formula is C26H26BrNO4S. The molecule has 0 fully saturated rings. The second kappa shape index (κ2) is 12.4. The van der Waals surface area contributed by atoms with Crippen molar-refractivity contribution in [2.24, 2.45) is 0 Å². The van der Waals surface area contributed by atoms with Gasteiger partial charge in [-0.1, -0.05) is 53.5 Å². The average molecular weight is 528 g/mol. The predicted molar refractivity (Wildman–Crippen MR) is 138 cm³/mol. The molecule has 0 aliphatic carbocycles. The van der Waals surface area contributed by atoms with Gasteiger partial charge in [-0.25, -0.2) is 4.79 Å². The molecule has 1 N–H and O–H groups in total. The largest absolute Gasteiger partial charge is 0.494 e. The van der Waals surface area contributed by atoms with E-state index in [9.17, 15) is 9.59 Å². The summed E-state index contributed by atoms with van der Waals surface area (Å²) in [7, 11) is 0. The van der Waals surface area contributed by atoms with Crippen molar-refractivity contribution in [2.45, 2.75) is 26.7 Å². The average Bonchev–Trinajstić information content (AvgIpc) is 3.23. The first-order valence-electron chi connectivity index (χ1n) is 10.8. The Morgan fingerprint density at radius 2 is 1.79 bits per heavy atom. The number of amides is 1. The maximum atomic E-state index is 12.7. The number of carbonyl (C=O) groups excluding carboxylic acids is 2. The third kappa shape index (κ3) is 7.04. The van der Waals surface area contributed by atoms with Crippen LogP contribution in [0.4, 0.5) is 5.00 Å².